The molecule has 1 unspecified atom stereocenters. The van der Waals surface area contributed by atoms with Crippen LogP contribution in [0.15, 0.2) is 0 Å². The molecule has 0 aromatic carbocycles. The van der Waals surface area contributed by atoms with E-state index in [9.17, 15) is 0 Å². The predicted octanol–water partition coefficient (Wildman–Crippen LogP) is 2.10. The number of hydrogen-bond donors (Lipinski definition) is 0. The van der Waals surface area contributed by atoms with E-state index in [-0.39, 0.29) is 0 Å². The van der Waals surface area contributed by atoms with Crippen LogP contribution >= 0.6 is 11.6 Å². The molecule has 0 amide bonds. The lowest BCUT2D eigenvalue weighted by Crippen LogP contribution is -2.31. The molecule has 1 rings (SSSR count). The van der Waals surface area contributed by atoms with Crippen LogP contribution in [0.25, 0.3) is 0 Å². The molecule has 1 nitrogen and oxygen atoms in total. The second kappa shape index (κ2) is 4.20. The first kappa shape index (κ1) is 8.35. The highest BCUT2D eigenvalue weighted by Gasteiger charge is 2.21. The molecule has 1 heterocycles. The SMILES string of the molecule is CCCN1CCCC1CCl. The lowest BCUT2D eigenvalue weighted by Gasteiger charge is -2.21. The molecule has 1 fully saturated rings. The van der Waals surface area contributed by atoms with Gasteiger partial charge in [0, 0.05) is 11.9 Å². The summed E-state index contributed by atoms with van der Waals surface area (Å²) in [6.07, 6.45) is 3.91. The van der Waals surface area contributed by atoms with E-state index < -0.39 is 0 Å². The zero-order valence-corrected chi connectivity index (χ0v) is 7.40. The zero-order valence-electron chi connectivity index (χ0n) is 6.65. The molecule has 1 atom stereocenters. The maximum absolute atomic E-state index is 5.80. The van der Waals surface area contributed by atoms with Gasteiger partial charge in [-0.05, 0) is 32.4 Å². The summed E-state index contributed by atoms with van der Waals surface area (Å²) in [6, 6.07) is 0.682. The third-order valence-electron chi connectivity index (χ3n) is 2.19. The third-order valence-corrected chi connectivity index (χ3v) is 2.54. The van der Waals surface area contributed by atoms with Crippen molar-refractivity contribution in [3.8, 4) is 0 Å². The average molecular weight is 162 g/mol. The molecule has 0 N–H and O–H groups in total. The second-order valence-corrected chi connectivity index (χ2v) is 3.29. The van der Waals surface area contributed by atoms with Crippen molar-refractivity contribution in [2.45, 2.75) is 32.2 Å². The van der Waals surface area contributed by atoms with Gasteiger partial charge in [0.15, 0.2) is 0 Å². The quantitative estimate of drug-likeness (QED) is 0.574. The Morgan fingerprint density at radius 2 is 2.40 bits per heavy atom. The van der Waals surface area contributed by atoms with Crippen LogP contribution in [0, 0.1) is 0 Å². The smallest absolute Gasteiger partial charge is 0.0379 e. The summed E-state index contributed by atoms with van der Waals surface area (Å²) in [5.41, 5.74) is 0. The van der Waals surface area contributed by atoms with Crippen LogP contribution in [0.1, 0.15) is 26.2 Å². The van der Waals surface area contributed by atoms with Crippen LogP contribution in [0.4, 0.5) is 0 Å². The first-order valence-electron chi connectivity index (χ1n) is 4.18. The van der Waals surface area contributed by atoms with Crippen molar-refractivity contribution < 1.29 is 0 Å². The first-order chi connectivity index (χ1) is 4.88. The Hall–Kier alpha value is 0.250. The van der Waals surface area contributed by atoms with Crippen molar-refractivity contribution in [1.29, 1.82) is 0 Å². The molecule has 10 heavy (non-hydrogen) atoms. The van der Waals surface area contributed by atoms with Gasteiger partial charge in [0.25, 0.3) is 0 Å². The summed E-state index contributed by atoms with van der Waals surface area (Å²) in [5.74, 6) is 0.819. The predicted molar refractivity (Wildman–Crippen MR) is 45.6 cm³/mol. The minimum absolute atomic E-state index is 0.682. The number of nitrogens with zero attached hydrogens (tertiary/aromatic N) is 1. The molecule has 0 aromatic rings. The van der Waals surface area contributed by atoms with Crippen molar-refractivity contribution in [3.63, 3.8) is 0 Å². The Kier molecular flexibility index (Phi) is 3.50. The van der Waals surface area contributed by atoms with E-state index in [1.54, 1.807) is 0 Å². The molecule has 1 aliphatic heterocycles. The van der Waals surface area contributed by atoms with Gasteiger partial charge >= 0.3 is 0 Å². The topological polar surface area (TPSA) is 3.24 Å². The Labute approximate surface area is 68.4 Å². The van der Waals surface area contributed by atoms with Crippen LogP contribution < -0.4 is 0 Å². The summed E-state index contributed by atoms with van der Waals surface area (Å²) < 4.78 is 0. The first-order valence-corrected chi connectivity index (χ1v) is 4.72. The zero-order chi connectivity index (χ0) is 7.40. The Bertz CT molecular complexity index is 95.3. The summed E-state index contributed by atoms with van der Waals surface area (Å²) in [7, 11) is 0. The van der Waals surface area contributed by atoms with Crippen molar-refractivity contribution in [2.75, 3.05) is 19.0 Å². The highest BCUT2D eigenvalue weighted by atomic mass is 35.5. The molecule has 0 bridgehead atoms. The van der Waals surface area contributed by atoms with Crippen molar-refractivity contribution in [3.05, 3.63) is 0 Å². The largest absolute Gasteiger partial charge is 0.299 e. The van der Waals surface area contributed by atoms with E-state index in [1.165, 1.54) is 32.4 Å². The molecular weight excluding hydrogens is 146 g/mol. The van der Waals surface area contributed by atoms with Gasteiger partial charge in [-0.15, -0.1) is 11.6 Å². The van der Waals surface area contributed by atoms with Gasteiger partial charge in [-0.3, -0.25) is 4.90 Å². The lowest BCUT2D eigenvalue weighted by molar-refractivity contribution is 0.272. The molecule has 0 aromatic heterocycles. The van der Waals surface area contributed by atoms with E-state index >= 15 is 0 Å². The Morgan fingerprint density at radius 1 is 1.60 bits per heavy atom. The third kappa shape index (κ3) is 1.86. The number of rotatable bonds is 3. The van der Waals surface area contributed by atoms with Crippen LogP contribution in [0.5, 0.6) is 0 Å². The maximum Gasteiger partial charge on any atom is 0.0379 e. The van der Waals surface area contributed by atoms with E-state index in [0.717, 1.165) is 5.88 Å². The van der Waals surface area contributed by atoms with Gasteiger partial charge in [0.1, 0.15) is 0 Å². The molecule has 0 spiro atoms. The maximum atomic E-state index is 5.80. The van der Waals surface area contributed by atoms with Gasteiger partial charge in [-0.25, -0.2) is 0 Å². The standard InChI is InChI=1S/C8H16ClN/c1-2-5-10-6-3-4-8(10)7-9/h8H,2-7H2,1H3. The van der Waals surface area contributed by atoms with Crippen LogP contribution in [0.2, 0.25) is 0 Å². The summed E-state index contributed by atoms with van der Waals surface area (Å²) >= 11 is 5.80. The molecule has 60 valence electrons. The van der Waals surface area contributed by atoms with Gasteiger partial charge in [-0.1, -0.05) is 6.92 Å². The van der Waals surface area contributed by atoms with E-state index in [0.29, 0.717) is 6.04 Å². The fraction of sp³-hybridized carbons (Fsp3) is 1.00. The molecule has 0 radical (unpaired) electrons. The van der Waals surface area contributed by atoms with Crippen molar-refractivity contribution in [1.82, 2.24) is 4.90 Å². The molecule has 1 aliphatic rings. The molecule has 0 saturated carbocycles. The molecular formula is C8H16ClN. The lowest BCUT2D eigenvalue weighted by atomic mass is 10.2. The number of halogens is 1. The van der Waals surface area contributed by atoms with Crippen molar-refractivity contribution >= 4 is 11.6 Å². The number of alkyl halides is 1. The minimum Gasteiger partial charge on any atom is -0.299 e. The molecule has 0 aliphatic carbocycles. The van der Waals surface area contributed by atoms with Gasteiger partial charge in [-0.2, -0.15) is 0 Å². The number of likely N-dealkylation sites (tertiary alicyclic amines) is 1. The monoisotopic (exact) mass is 161 g/mol. The fourth-order valence-electron chi connectivity index (χ4n) is 1.65. The van der Waals surface area contributed by atoms with Crippen LogP contribution in [0.3, 0.4) is 0 Å². The van der Waals surface area contributed by atoms with Crippen LogP contribution in [-0.2, 0) is 0 Å². The summed E-state index contributed by atoms with van der Waals surface area (Å²) in [5, 5.41) is 0. The Balaban J connectivity index is 2.27. The highest BCUT2D eigenvalue weighted by molar-refractivity contribution is 6.18. The molecule has 1 saturated heterocycles. The van der Waals surface area contributed by atoms with E-state index in [1.807, 2.05) is 0 Å². The fourth-order valence-corrected chi connectivity index (χ4v) is 2.00. The van der Waals surface area contributed by atoms with Gasteiger partial charge in [0.05, 0.1) is 0 Å². The van der Waals surface area contributed by atoms with E-state index in [2.05, 4.69) is 11.8 Å². The summed E-state index contributed by atoms with van der Waals surface area (Å²) in [4.78, 5) is 2.51. The number of hydrogen-bond acceptors (Lipinski definition) is 1. The normalized spacial score (nSPS) is 27.6. The van der Waals surface area contributed by atoms with Crippen molar-refractivity contribution in [2.24, 2.45) is 0 Å². The second-order valence-electron chi connectivity index (χ2n) is 2.99. The summed E-state index contributed by atoms with van der Waals surface area (Å²) in [6.45, 7) is 4.73. The minimum atomic E-state index is 0.682. The average Bonchev–Trinajstić information content (AvgIpc) is 2.36. The van der Waals surface area contributed by atoms with Crippen LogP contribution in [-0.4, -0.2) is 29.9 Å². The highest BCUT2D eigenvalue weighted by Crippen LogP contribution is 2.17. The molecule has 2 heteroatoms. The Morgan fingerprint density at radius 3 is 3.00 bits per heavy atom. The van der Waals surface area contributed by atoms with Gasteiger partial charge in [0.2, 0.25) is 0 Å². The van der Waals surface area contributed by atoms with Gasteiger partial charge < -0.3 is 0 Å². The van der Waals surface area contributed by atoms with E-state index in [4.69, 9.17) is 11.6 Å².